The first-order valence-corrected chi connectivity index (χ1v) is 11.1. The number of alkyl halides is 6. The molecule has 3 nitrogen and oxygen atoms in total. The predicted octanol–water partition coefficient (Wildman–Crippen LogP) is 6.02. The SMILES string of the molecule is CCCO[Si](Cc1cc(C(F)(F)F)cc(C(F)(F)F)c1)(OCCC)OCCC. The van der Waals surface area contributed by atoms with Gasteiger partial charge in [-0.3, -0.25) is 0 Å². The Hall–Kier alpha value is -1.10. The maximum absolute atomic E-state index is 13.1. The molecule has 0 fully saturated rings. The molecule has 0 saturated carbocycles. The van der Waals surface area contributed by atoms with Crippen molar-refractivity contribution in [3.05, 3.63) is 34.9 Å². The summed E-state index contributed by atoms with van der Waals surface area (Å²) in [5.74, 6) is 0. The summed E-state index contributed by atoms with van der Waals surface area (Å²) in [6.07, 6.45) is -7.99. The van der Waals surface area contributed by atoms with Gasteiger partial charge >= 0.3 is 21.2 Å². The van der Waals surface area contributed by atoms with Gasteiger partial charge in [0.15, 0.2) is 0 Å². The Kier molecular flexibility index (Phi) is 9.45. The summed E-state index contributed by atoms with van der Waals surface area (Å²) in [5, 5.41) is 0. The van der Waals surface area contributed by atoms with Crippen LogP contribution in [0.2, 0.25) is 0 Å². The molecule has 0 spiro atoms. The van der Waals surface area contributed by atoms with E-state index in [1.54, 1.807) is 0 Å². The first-order chi connectivity index (χ1) is 13.0. The molecule has 28 heavy (non-hydrogen) atoms. The third kappa shape index (κ3) is 7.73. The van der Waals surface area contributed by atoms with Crippen LogP contribution in [0.3, 0.4) is 0 Å². The van der Waals surface area contributed by atoms with E-state index in [1.807, 2.05) is 20.8 Å². The van der Waals surface area contributed by atoms with Gasteiger partial charge in [-0.1, -0.05) is 20.8 Å². The topological polar surface area (TPSA) is 27.7 Å². The Bertz CT molecular complexity index is 550. The zero-order valence-electron chi connectivity index (χ0n) is 16.2. The van der Waals surface area contributed by atoms with Crippen LogP contribution in [0.1, 0.15) is 56.7 Å². The van der Waals surface area contributed by atoms with Crippen molar-refractivity contribution < 1.29 is 39.6 Å². The van der Waals surface area contributed by atoms with Crippen LogP contribution in [-0.2, 0) is 31.7 Å². The normalized spacial score (nSPS) is 13.2. The van der Waals surface area contributed by atoms with Crippen LogP contribution >= 0.6 is 0 Å². The van der Waals surface area contributed by atoms with E-state index in [-0.39, 0.29) is 37.5 Å². The summed E-state index contributed by atoms with van der Waals surface area (Å²) in [6, 6.07) is 1.26. The average Bonchev–Trinajstić information content (AvgIpc) is 2.61. The molecule has 0 bridgehead atoms. The lowest BCUT2D eigenvalue weighted by atomic mass is 10.1. The predicted molar refractivity (Wildman–Crippen MR) is 94.6 cm³/mol. The highest BCUT2D eigenvalue weighted by atomic mass is 28.4. The van der Waals surface area contributed by atoms with Crippen molar-refractivity contribution >= 4 is 8.80 Å². The second kappa shape index (κ2) is 10.6. The summed E-state index contributed by atoms with van der Waals surface area (Å²) < 4.78 is 96.1. The van der Waals surface area contributed by atoms with Gasteiger partial charge in [0.05, 0.1) is 11.1 Å². The number of rotatable bonds is 11. The molecule has 1 aromatic carbocycles. The summed E-state index contributed by atoms with van der Waals surface area (Å²) in [4.78, 5) is 0. The van der Waals surface area contributed by atoms with Crippen LogP contribution in [0.25, 0.3) is 0 Å². The van der Waals surface area contributed by atoms with Crippen LogP contribution in [0.5, 0.6) is 0 Å². The molecule has 162 valence electrons. The fourth-order valence-corrected chi connectivity index (χ4v) is 5.23. The molecule has 0 aromatic heterocycles. The molecule has 0 heterocycles. The van der Waals surface area contributed by atoms with E-state index >= 15 is 0 Å². The van der Waals surface area contributed by atoms with E-state index in [4.69, 9.17) is 13.3 Å². The molecule has 0 saturated heterocycles. The molecule has 0 radical (unpaired) electrons. The van der Waals surface area contributed by atoms with Gasteiger partial charge in [0.2, 0.25) is 0 Å². The second-order valence-corrected chi connectivity index (χ2v) is 8.90. The maximum Gasteiger partial charge on any atom is 0.505 e. The van der Waals surface area contributed by atoms with Gasteiger partial charge in [0.1, 0.15) is 0 Å². The second-order valence-electron chi connectivity index (χ2n) is 6.32. The Labute approximate surface area is 162 Å². The number of halogens is 6. The van der Waals surface area contributed by atoms with Crippen LogP contribution in [-0.4, -0.2) is 28.6 Å². The molecule has 0 aliphatic heterocycles. The Balaban J connectivity index is 3.37. The molecule has 0 atom stereocenters. The molecular weight excluding hydrogens is 406 g/mol. The van der Waals surface area contributed by atoms with Crippen LogP contribution in [0.15, 0.2) is 18.2 Å². The fraction of sp³-hybridized carbons (Fsp3) is 0.667. The van der Waals surface area contributed by atoms with Crippen molar-refractivity contribution in [1.82, 2.24) is 0 Å². The van der Waals surface area contributed by atoms with E-state index in [2.05, 4.69) is 0 Å². The third-order valence-electron chi connectivity index (χ3n) is 3.65. The van der Waals surface area contributed by atoms with Crippen LogP contribution < -0.4 is 0 Å². The first-order valence-electron chi connectivity index (χ1n) is 9.17. The summed E-state index contributed by atoms with van der Waals surface area (Å²) in [7, 11) is -3.50. The zero-order valence-corrected chi connectivity index (χ0v) is 17.2. The molecule has 0 N–H and O–H groups in total. The van der Waals surface area contributed by atoms with Gasteiger partial charge in [-0.15, -0.1) is 0 Å². The van der Waals surface area contributed by atoms with Gasteiger partial charge in [-0.2, -0.15) is 26.3 Å². The minimum Gasteiger partial charge on any atom is -0.373 e. The lowest BCUT2D eigenvalue weighted by Crippen LogP contribution is -2.49. The average molecular weight is 432 g/mol. The minimum atomic E-state index is -4.90. The van der Waals surface area contributed by atoms with Crippen molar-refractivity contribution in [3.8, 4) is 0 Å². The monoisotopic (exact) mass is 432 g/mol. The highest BCUT2D eigenvalue weighted by Crippen LogP contribution is 2.37. The number of hydrogen-bond acceptors (Lipinski definition) is 3. The molecule has 1 rings (SSSR count). The highest BCUT2D eigenvalue weighted by molar-refractivity contribution is 6.60. The summed E-state index contributed by atoms with van der Waals surface area (Å²) in [6.45, 7) is 6.24. The Morgan fingerprint density at radius 1 is 0.679 bits per heavy atom. The maximum atomic E-state index is 13.1. The van der Waals surface area contributed by atoms with Crippen LogP contribution in [0, 0.1) is 0 Å². The van der Waals surface area contributed by atoms with Gasteiger partial charge < -0.3 is 13.3 Å². The third-order valence-corrected chi connectivity index (χ3v) is 6.42. The lowest BCUT2D eigenvalue weighted by molar-refractivity contribution is -0.143. The van der Waals surface area contributed by atoms with Crippen molar-refractivity contribution in [2.75, 3.05) is 19.8 Å². The van der Waals surface area contributed by atoms with Gasteiger partial charge in [0, 0.05) is 25.9 Å². The standard InChI is InChI=1S/C18H26F6O3Si/c1-4-7-25-28(26-8-5-2,27-9-6-3)13-14-10-15(17(19,20)21)12-16(11-14)18(22,23)24/h10-12H,4-9,13H2,1-3H3. The lowest BCUT2D eigenvalue weighted by Gasteiger charge is -2.30. The molecule has 0 amide bonds. The highest BCUT2D eigenvalue weighted by Gasteiger charge is 2.43. The van der Waals surface area contributed by atoms with Gasteiger partial charge in [-0.05, 0) is 43.0 Å². The Morgan fingerprint density at radius 3 is 1.32 bits per heavy atom. The molecule has 0 aliphatic rings. The van der Waals surface area contributed by atoms with Crippen LogP contribution in [0.4, 0.5) is 26.3 Å². The Morgan fingerprint density at radius 2 is 1.04 bits per heavy atom. The number of hydrogen-bond donors (Lipinski definition) is 0. The minimum absolute atomic E-state index is 0.111. The quantitative estimate of drug-likeness (QED) is 0.316. The van der Waals surface area contributed by atoms with Gasteiger partial charge in [-0.25, -0.2) is 0 Å². The molecule has 1 aromatic rings. The van der Waals surface area contributed by atoms with E-state index in [0.717, 1.165) is 0 Å². The van der Waals surface area contributed by atoms with Gasteiger partial charge in [0.25, 0.3) is 0 Å². The number of benzene rings is 1. The summed E-state index contributed by atoms with van der Waals surface area (Å²) >= 11 is 0. The summed E-state index contributed by atoms with van der Waals surface area (Å²) in [5.41, 5.74) is -2.89. The molecular formula is C18H26F6O3Si. The largest absolute Gasteiger partial charge is 0.505 e. The molecule has 0 unspecified atom stereocenters. The smallest absolute Gasteiger partial charge is 0.373 e. The van der Waals surface area contributed by atoms with Crippen molar-refractivity contribution in [2.45, 2.75) is 58.4 Å². The van der Waals surface area contributed by atoms with E-state index in [0.29, 0.717) is 31.4 Å². The van der Waals surface area contributed by atoms with Crippen molar-refractivity contribution in [2.24, 2.45) is 0 Å². The van der Waals surface area contributed by atoms with E-state index in [1.165, 1.54) is 0 Å². The van der Waals surface area contributed by atoms with E-state index in [9.17, 15) is 26.3 Å². The van der Waals surface area contributed by atoms with E-state index < -0.39 is 32.3 Å². The van der Waals surface area contributed by atoms with Crippen molar-refractivity contribution in [3.63, 3.8) is 0 Å². The molecule has 0 aliphatic carbocycles. The first kappa shape index (κ1) is 24.9. The zero-order chi connectivity index (χ0) is 21.4. The molecule has 10 heteroatoms. The van der Waals surface area contributed by atoms with Crippen molar-refractivity contribution in [1.29, 1.82) is 0 Å². The fourth-order valence-electron chi connectivity index (χ4n) is 2.42.